The van der Waals surface area contributed by atoms with Crippen molar-refractivity contribution in [3.8, 4) is 0 Å². The van der Waals surface area contributed by atoms with Crippen molar-refractivity contribution in [1.82, 2.24) is 5.32 Å². The van der Waals surface area contributed by atoms with E-state index in [4.69, 9.17) is 5.73 Å². The third kappa shape index (κ3) is 2.49. The summed E-state index contributed by atoms with van der Waals surface area (Å²) in [6.45, 7) is 7.28. The zero-order valence-corrected chi connectivity index (χ0v) is 11.6. The molecule has 0 aliphatic heterocycles. The summed E-state index contributed by atoms with van der Waals surface area (Å²) in [5.41, 5.74) is 6.51. The number of nitrogens with two attached hydrogens (primary N) is 1. The van der Waals surface area contributed by atoms with Crippen molar-refractivity contribution in [1.29, 1.82) is 0 Å². The van der Waals surface area contributed by atoms with E-state index >= 15 is 0 Å². The highest BCUT2D eigenvalue weighted by molar-refractivity contribution is 7.18. The van der Waals surface area contributed by atoms with E-state index < -0.39 is 5.41 Å². The van der Waals surface area contributed by atoms with Gasteiger partial charge in [-0.05, 0) is 12.5 Å². The van der Waals surface area contributed by atoms with Gasteiger partial charge in [0.15, 0.2) is 5.78 Å². The maximum atomic E-state index is 12.2. The molecular weight excluding hydrogens is 236 g/mol. The minimum absolute atomic E-state index is 0.0288. The molecular formula is C12H18N2O2S. The first-order chi connectivity index (χ1) is 7.70. The van der Waals surface area contributed by atoms with E-state index in [-0.39, 0.29) is 11.7 Å². The SMILES string of the molecule is CNC(=O)c1sc(N)c(C(=O)C(C)(C)C)c1C. The van der Waals surface area contributed by atoms with Crippen LogP contribution < -0.4 is 11.1 Å². The fourth-order valence-electron chi connectivity index (χ4n) is 1.52. The average molecular weight is 254 g/mol. The van der Waals surface area contributed by atoms with Gasteiger partial charge in [0.2, 0.25) is 0 Å². The largest absolute Gasteiger partial charge is 0.390 e. The van der Waals surface area contributed by atoms with Crippen LogP contribution in [0.4, 0.5) is 5.00 Å². The molecule has 0 fully saturated rings. The first-order valence-corrected chi connectivity index (χ1v) is 6.17. The molecule has 1 aromatic rings. The lowest BCUT2D eigenvalue weighted by Gasteiger charge is -2.17. The smallest absolute Gasteiger partial charge is 0.261 e. The Morgan fingerprint density at radius 2 is 1.82 bits per heavy atom. The van der Waals surface area contributed by atoms with Crippen molar-refractivity contribution in [3.63, 3.8) is 0 Å². The standard InChI is InChI=1S/C12H18N2O2S/c1-6-7(9(15)12(2,3)4)10(13)17-8(6)11(16)14-5/h13H2,1-5H3,(H,14,16). The molecule has 1 aromatic heterocycles. The summed E-state index contributed by atoms with van der Waals surface area (Å²) in [4.78, 5) is 24.3. The van der Waals surface area contributed by atoms with Crippen LogP contribution in [-0.2, 0) is 0 Å². The number of carbonyl (C=O) groups excluding carboxylic acids is 2. The summed E-state index contributed by atoms with van der Waals surface area (Å²) in [5.74, 6) is -0.230. The minimum atomic E-state index is -0.500. The number of hydrogen-bond donors (Lipinski definition) is 2. The Hall–Kier alpha value is -1.36. The maximum Gasteiger partial charge on any atom is 0.261 e. The second kappa shape index (κ2) is 4.49. The normalized spacial score (nSPS) is 11.4. The van der Waals surface area contributed by atoms with Gasteiger partial charge in [-0.25, -0.2) is 0 Å². The molecule has 0 atom stereocenters. The molecule has 0 bridgehead atoms. The van der Waals surface area contributed by atoms with Crippen LogP contribution in [0.5, 0.6) is 0 Å². The molecule has 5 heteroatoms. The Morgan fingerprint density at radius 1 is 1.29 bits per heavy atom. The summed E-state index contributed by atoms with van der Waals surface area (Å²) in [6.07, 6.45) is 0. The second-order valence-corrected chi connectivity index (χ2v) is 6.01. The van der Waals surface area contributed by atoms with Gasteiger partial charge in [-0.3, -0.25) is 9.59 Å². The number of ketones is 1. The summed E-state index contributed by atoms with van der Waals surface area (Å²) in [5, 5.41) is 2.96. The molecule has 0 unspecified atom stereocenters. The molecule has 3 N–H and O–H groups in total. The minimum Gasteiger partial charge on any atom is -0.390 e. The summed E-state index contributed by atoms with van der Waals surface area (Å²) in [7, 11) is 1.56. The topological polar surface area (TPSA) is 72.2 Å². The number of nitrogen functional groups attached to an aromatic ring is 1. The summed E-state index contributed by atoms with van der Waals surface area (Å²) in [6, 6.07) is 0. The van der Waals surface area contributed by atoms with Crippen LogP contribution in [0, 0.1) is 12.3 Å². The molecule has 1 heterocycles. The van der Waals surface area contributed by atoms with Crippen LogP contribution in [0.25, 0.3) is 0 Å². The Kier molecular flexibility index (Phi) is 3.62. The number of Topliss-reactive ketones (excluding diaryl/α,β-unsaturated/α-hetero) is 1. The number of nitrogens with one attached hydrogen (secondary N) is 1. The van der Waals surface area contributed by atoms with Crippen molar-refractivity contribution in [2.24, 2.45) is 5.41 Å². The van der Waals surface area contributed by atoms with Crippen molar-refractivity contribution in [3.05, 3.63) is 16.0 Å². The number of hydrogen-bond acceptors (Lipinski definition) is 4. The summed E-state index contributed by atoms with van der Waals surface area (Å²) >= 11 is 1.16. The maximum absolute atomic E-state index is 12.2. The molecule has 0 spiro atoms. The Balaban J connectivity index is 3.33. The lowest BCUT2D eigenvalue weighted by Crippen LogP contribution is -2.22. The number of thiophene rings is 1. The molecule has 0 aliphatic carbocycles. The fraction of sp³-hybridized carbons (Fsp3) is 0.500. The Bertz CT molecular complexity index is 470. The van der Waals surface area contributed by atoms with E-state index in [1.165, 1.54) is 0 Å². The van der Waals surface area contributed by atoms with Gasteiger partial charge < -0.3 is 11.1 Å². The Labute approximate surface area is 105 Å². The highest BCUT2D eigenvalue weighted by Gasteiger charge is 2.30. The van der Waals surface area contributed by atoms with Gasteiger partial charge in [0.1, 0.15) is 0 Å². The van der Waals surface area contributed by atoms with Crippen molar-refractivity contribution in [2.45, 2.75) is 27.7 Å². The zero-order valence-electron chi connectivity index (χ0n) is 10.8. The van der Waals surface area contributed by atoms with E-state index in [1.54, 1.807) is 14.0 Å². The van der Waals surface area contributed by atoms with E-state index in [2.05, 4.69) is 5.32 Å². The van der Waals surface area contributed by atoms with E-state index in [0.29, 0.717) is 21.0 Å². The molecule has 0 saturated carbocycles. The van der Waals surface area contributed by atoms with E-state index in [9.17, 15) is 9.59 Å². The number of rotatable bonds is 2. The van der Waals surface area contributed by atoms with Gasteiger partial charge in [0.05, 0.1) is 15.4 Å². The summed E-state index contributed by atoms with van der Waals surface area (Å²) < 4.78 is 0. The molecule has 0 saturated heterocycles. The number of anilines is 1. The van der Waals surface area contributed by atoms with E-state index in [1.807, 2.05) is 20.8 Å². The molecule has 94 valence electrons. The third-order valence-electron chi connectivity index (χ3n) is 2.52. The van der Waals surface area contributed by atoms with Crippen molar-refractivity contribution in [2.75, 3.05) is 12.8 Å². The molecule has 0 aromatic carbocycles. The number of amides is 1. The van der Waals surface area contributed by atoms with Crippen LogP contribution in [0.1, 0.15) is 46.4 Å². The monoisotopic (exact) mass is 254 g/mol. The van der Waals surface area contributed by atoms with Crippen molar-refractivity contribution < 1.29 is 9.59 Å². The predicted molar refractivity (Wildman–Crippen MR) is 70.6 cm³/mol. The lowest BCUT2D eigenvalue weighted by molar-refractivity contribution is 0.0859. The Morgan fingerprint density at radius 3 is 2.24 bits per heavy atom. The number of carbonyl (C=O) groups is 2. The van der Waals surface area contributed by atoms with E-state index in [0.717, 1.165) is 11.3 Å². The molecule has 0 aliphatic rings. The molecule has 1 rings (SSSR count). The third-order valence-corrected chi connectivity index (χ3v) is 3.64. The predicted octanol–water partition coefficient (Wildman–Crippen LogP) is 2.23. The molecule has 17 heavy (non-hydrogen) atoms. The van der Waals surface area contributed by atoms with Gasteiger partial charge >= 0.3 is 0 Å². The highest BCUT2D eigenvalue weighted by atomic mass is 32.1. The van der Waals surface area contributed by atoms with Crippen LogP contribution in [0.15, 0.2) is 0 Å². The second-order valence-electron chi connectivity index (χ2n) is 4.95. The average Bonchev–Trinajstić information content (AvgIpc) is 2.51. The van der Waals surface area contributed by atoms with Crippen molar-refractivity contribution >= 4 is 28.0 Å². The zero-order chi connectivity index (χ0) is 13.4. The van der Waals surface area contributed by atoms with Crippen LogP contribution in [-0.4, -0.2) is 18.7 Å². The van der Waals surface area contributed by atoms with Gasteiger partial charge in [-0.2, -0.15) is 0 Å². The van der Waals surface area contributed by atoms with Crippen LogP contribution >= 0.6 is 11.3 Å². The first kappa shape index (κ1) is 13.7. The van der Waals surface area contributed by atoms with Crippen LogP contribution in [0.2, 0.25) is 0 Å². The van der Waals surface area contributed by atoms with Gasteiger partial charge in [0, 0.05) is 12.5 Å². The first-order valence-electron chi connectivity index (χ1n) is 5.36. The quantitative estimate of drug-likeness (QED) is 0.795. The lowest BCUT2D eigenvalue weighted by atomic mass is 9.85. The van der Waals surface area contributed by atoms with Gasteiger partial charge in [0.25, 0.3) is 5.91 Å². The van der Waals surface area contributed by atoms with Gasteiger partial charge in [-0.1, -0.05) is 20.8 Å². The fourth-order valence-corrected chi connectivity index (χ4v) is 2.54. The van der Waals surface area contributed by atoms with Gasteiger partial charge in [-0.15, -0.1) is 11.3 Å². The molecule has 0 radical (unpaired) electrons. The molecule has 4 nitrogen and oxygen atoms in total. The highest BCUT2D eigenvalue weighted by Crippen LogP contribution is 2.34. The molecule has 1 amide bonds. The van der Waals surface area contributed by atoms with Crippen LogP contribution in [0.3, 0.4) is 0 Å².